The van der Waals surface area contributed by atoms with Crippen LogP contribution in [0, 0.1) is 6.92 Å². The molecular weight excluding hydrogens is 248 g/mol. The van der Waals surface area contributed by atoms with E-state index in [4.69, 9.17) is 0 Å². The van der Waals surface area contributed by atoms with E-state index in [9.17, 15) is 4.79 Å². The third-order valence-electron chi connectivity index (χ3n) is 3.62. The van der Waals surface area contributed by atoms with Gasteiger partial charge in [-0.25, -0.2) is 4.98 Å². The van der Waals surface area contributed by atoms with Gasteiger partial charge in [0.1, 0.15) is 6.33 Å². The molecule has 0 unspecified atom stereocenters. The molecule has 2 aromatic rings. The van der Waals surface area contributed by atoms with Crippen LogP contribution in [0.1, 0.15) is 60.2 Å². The maximum Gasteiger partial charge on any atom is 0.263 e. The molecule has 0 atom stereocenters. The first kappa shape index (κ1) is 14.5. The van der Waals surface area contributed by atoms with Crippen molar-refractivity contribution in [2.45, 2.75) is 46.5 Å². The first-order chi connectivity index (χ1) is 9.54. The average Bonchev–Trinajstić information content (AvgIpc) is 2.93. The Bertz CT molecular complexity index is 598. The van der Waals surface area contributed by atoms with E-state index in [-0.39, 0.29) is 5.91 Å². The topological polar surface area (TPSA) is 34.9 Å². The van der Waals surface area contributed by atoms with Crippen molar-refractivity contribution in [3.8, 4) is 0 Å². The number of aromatic nitrogens is 2. The Labute approximate surface area is 120 Å². The second kappa shape index (κ2) is 6.04. The van der Waals surface area contributed by atoms with Crippen LogP contribution in [-0.4, -0.2) is 15.5 Å². The molecule has 1 aromatic carbocycles. The van der Waals surface area contributed by atoms with Gasteiger partial charge in [-0.1, -0.05) is 33.3 Å². The second-order valence-electron chi connectivity index (χ2n) is 5.55. The van der Waals surface area contributed by atoms with Gasteiger partial charge in [0.25, 0.3) is 5.91 Å². The van der Waals surface area contributed by atoms with Gasteiger partial charge in [0, 0.05) is 18.0 Å². The van der Waals surface area contributed by atoms with Crippen LogP contribution in [0.2, 0.25) is 0 Å². The number of benzene rings is 1. The number of aryl methyl sites for hydroxylation is 2. The van der Waals surface area contributed by atoms with Gasteiger partial charge in [-0.2, -0.15) is 0 Å². The molecule has 0 N–H and O–H groups in total. The summed E-state index contributed by atoms with van der Waals surface area (Å²) in [5, 5.41) is 0. The largest absolute Gasteiger partial charge is 0.272 e. The number of carbonyl (C=O) groups is 1. The van der Waals surface area contributed by atoms with Crippen LogP contribution in [0.4, 0.5) is 0 Å². The standard InChI is InChI=1S/C17H22N2O/c1-5-6-14-10-15(12(2)3)16(9-13(14)4)17(20)19-8-7-18-11-19/h7-12H,5-6H2,1-4H3. The van der Waals surface area contributed by atoms with E-state index in [2.05, 4.69) is 38.7 Å². The third-order valence-corrected chi connectivity index (χ3v) is 3.62. The van der Waals surface area contributed by atoms with Crippen molar-refractivity contribution in [3.63, 3.8) is 0 Å². The summed E-state index contributed by atoms with van der Waals surface area (Å²) in [5.41, 5.74) is 4.45. The Hall–Kier alpha value is -1.90. The Kier molecular flexibility index (Phi) is 4.38. The van der Waals surface area contributed by atoms with Crippen molar-refractivity contribution >= 4 is 5.91 Å². The van der Waals surface area contributed by atoms with Crippen molar-refractivity contribution in [2.24, 2.45) is 0 Å². The van der Waals surface area contributed by atoms with Crippen molar-refractivity contribution in [3.05, 3.63) is 53.1 Å². The molecule has 0 radical (unpaired) electrons. The maximum atomic E-state index is 12.6. The lowest BCUT2D eigenvalue weighted by Gasteiger charge is -2.16. The minimum atomic E-state index is -0.00246. The molecule has 2 rings (SSSR count). The zero-order valence-electron chi connectivity index (χ0n) is 12.7. The van der Waals surface area contributed by atoms with Gasteiger partial charge in [0.15, 0.2) is 0 Å². The molecule has 0 fully saturated rings. The highest BCUT2D eigenvalue weighted by Gasteiger charge is 2.17. The first-order valence-corrected chi connectivity index (χ1v) is 7.20. The quantitative estimate of drug-likeness (QED) is 0.843. The van der Waals surface area contributed by atoms with Crippen LogP contribution < -0.4 is 0 Å². The summed E-state index contributed by atoms with van der Waals surface area (Å²) in [4.78, 5) is 16.5. The van der Waals surface area contributed by atoms with Crippen LogP contribution in [0.25, 0.3) is 0 Å². The Morgan fingerprint density at radius 2 is 2.10 bits per heavy atom. The van der Waals surface area contributed by atoms with E-state index in [0.29, 0.717) is 5.92 Å². The van der Waals surface area contributed by atoms with Crippen LogP contribution in [0.5, 0.6) is 0 Å². The Morgan fingerprint density at radius 3 is 2.65 bits per heavy atom. The normalized spacial score (nSPS) is 11.1. The van der Waals surface area contributed by atoms with Gasteiger partial charge in [-0.05, 0) is 42.0 Å². The number of rotatable bonds is 4. The third kappa shape index (κ3) is 2.82. The highest BCUT2D eigenvalue weighted by molar-refractivity contribution is 5.97. The highest BCUT2D eigenvalue weighted by Crippen LogP contribution is 2.25. The number of hydrogen-bond donors (Lipinski definition) is 0. The van der Waals surface area contributed by atoms with Gasteiger partial charge < -0.3 is 0 Å². The summed E-state index contributed by atoms with van der Waals surface area (Å²) in [6, 6.07) is 4.23. The highest BCUT2D eigenvalue weighted by atomic mass is 16.2. The van der Waals surface area contributed by atoms with E-state index in [1.54, 1.807) is 23.3 Å². The Balaban J connectivity index is 2.51. The molecule has 0 aliphatic rings. The molecule has 0 saturated carbocycles. The van der Waals surface area contributed by atoms with Crippen molar-refractivity contribution in [2.75, 3.05) is 0 Å². The molecule has 0 amide bonds. The number of nitrogens with zero attached hydrogens (tertiary/aromatic N) is 2. The van der Waals surface area contributed by atoms with Crippen LogP contribution in [0.15, 0.2) is 30.9 Å². The lowest BCUT2D eigenvalue weighted by atomic mass is 9.90. The molecule has 0 spiro atoms. The maximum absolute atomic E-state index is 12.6. The molecule has 3 heteroatoms. The molecule has 3 nitrogen and oxygen atoms in total. The summed E-state index contributed by atoms with van der Waals surface area (Å²) < 4.78 is 1.54. The monoisotopic (exact) mass is 270 g/mol. The molecule has 0 aliphatic heterocycles. The van der Waals surface area contributed by atoms with Crippen LogP contribution in [0.3, 0.4) is 0 Å². The van der Waals surface area contributed by atoms with E-state index >= 15 is 0 Å². The smallest absolute Gasteiger partial charge is 0.263 e. The fourth-order valence-corrected chi connectivity index (χ4v) is 2.49. The molecular formula is C17H22N2O. The summed E-state index contributed by atoms with van der Waals surface area (Å²) in [6.07, 6.45) is 7.06. The number of imidazole rings is 1. The van der Waals surface area contributed by atoms with E-state index in [1.807, 2.05) is 6.07 Å². The van der Waals surface area contributed by atoms with Gasteiger partial charge in [-0.15, -0.1) is 0 Å². The second-order valence-corrected chi connectivity index (χ2v) is 5.55. The molecule has 1 aromatic heterocycles. The molecule has 0 bridgehead atoms. The first-order valence-electron chi connectivity index (χ1n) is 7.20. The number of hydrogen-bond acceptors (Lipinski definition) is 2. The van der Waals surface area contributed by atoms with E-state index in [0.717, 1.165) is 24.0 Å². The van der Waals surface area contributed by atoms with E-state index < -0.39 is 0 Å². The molecule has 0 saturated heterocycles. The Morgan fingerprint density at radius 1 is 1.35 bits per heavy atom. The van der Waals surface area contributed by atoms with Gasteiger partial charge >= 0.3 is 0 Å². The minimum absolute atomic E-state index is 0.00246. The van der Waals surface area contributed by atoms with Gasteiger partial charge in [0.2, 0.25) is 0 Å². The molecule has 1 heterocycles. The predicted molar refractivity (Wildman–Crippen MR) is 81.2 cm³/mol. The number of carbonyl (C=O) groups excluding carboxylic acids is 1. The van der Waals surface area contributed by atoms with Gasteiger partial charge in [0.05, 0.1) is 0 Å². The summed E-state index contributed by atoms with van der Waals surface area (Å²) >= 11 is 0. The van der Waals surface area contributed by atoms with Crippen molar-refractivity contribution in [1.82, 2.24) is 9.55 Å². The van der Waals surface area contributed by atoms with E-state index in [1.165, 1.54) is 11.1 Å². The summed E-state index contributed by atoms with van der Waals surface area (Å²) in [7, 11) is 0. The minimum Gasteiger partial charge on any atom is -0.272 e. The zero-order valence-corrected chi connectivity index (χ0v) is 12.7. The predicted octanol–water partition coefficient (Wildman–Crippen LogP) is 3.96. The van der Waals surface area contributed by atoms with Crippen molar-refractivity contribution < 1.29 is 4.79 Å². The molecule has 20 heavy (non-hydrogen) atoms. The zero-order chi connectivity index (χ0) is 14.7. The molecule has 0 aliphatic carbocycles. The van der Waals surface area contributed by atoms with Crippen molar-refractivity contribution in [1.29, 1.82) is 0 Å². The fraction of sp³-hybridized carbons (Fsp3) is 0.412. The summed E-state index contributed by atoms with van der Waals surface area (Å²) in [5.74, 6) is 0.325. The summed E-state index contributed by atoms with van der Waals surface area (Å²) in [6.45, 7) is 8.52. The van der Waals surface area contributed by atoms with Crippen LogP contribution in [-0.2, 0) is 6.42 Å². The lowest BCUT2D eigenvalue weighted by Crippen LogP contribution is -2.14. The van der Waals surface area contributed by atoms with Crippen LogP contribution >= 0.6 is 0 Å². The SMILES string of the molecule is CCCc1cc(C(C)C)c(C(=O)n2ccnc2)cc1C. The van der Waals surface area contributed by atoms with Gasteiger partial charge in [-0.3, -0.25) is 9.36 Å². The fourth-order valence-electron chi connectivity index (χ4n) is 2.49. The lowest BCUT2D eigenvalue weighted by molar-refractivity contribution is 0.0958. The molecule has 106 valence electrons. The average molecular weight is 270 g/mol.